The number of nitriles is 1. The first-order valence-electron chi connectivity index (χ1n) is 4.77. The van der Waals surface area contributed by atoms with Crippen LogP contribution < -0.4 is 5.32 Å². The van der Waals surface area contributed by atoms with Gasteiger partial charge in [0.2, 0.25) is 5.79 Å². The maximum atomic E-state index is 13.3. The summed E-state index contributed by atoms with van der Waals surface area (Å²) >= 11 is 0. The second kappa shape index (κ2) is 5.04. The van der Waals surface area contributed by atoms with E-state index >= 15 is 0 Å². The Morgan fingerprint density at radius 3 is 2.56 bits per heavy atom. The van der Waals surface area contributed by atoms with Crippen LogP contribution in [0.2, 0.25) is 0 Å². The highest BCUT2D eigenvalue weighted by atomic mass is 19.3. The lowest BCUT2D eigenvalue weighted by Gasteiger charge is -2.20. The minimum atomic E-state index is -3.44. The molecule has 1 unspecified atom stereocenters. The lowest BCUT2D eigenvalue weighted by atomic mass is 10.1. The number of amides is 1. The van der Waals surface area contributed by atoms with Crippen molar-refractivity contribution in [3.63, 3.8) is 0 Å². The van der Waals surface area contributed by atoms with Crippen LogP contribution in [0, 0.1) is 17.1 Å². The molecule has 7 heteroatoms. The second-order valence-electron chi connectivity index (χ2n) is 3.64. The monoisotopic (exact) mass is 260 g/mol. The maximum Gasteiger partial charge on any atom is 0.290 e. The average molecular weight is 260 g/mol. The van der Waals surface area contributed by atoms with Crippen molar-refractivity contribution in [3.05, 3.63) is 35.1 Å². The van der Waals surface area contributed by atoms with Crippen molar-refractivity contribution in [2.75, 3.05) is 0 Å². The highest BCUT2D eigenvalue weighted by Gasteiger charge is 2.37. The molecule has 0 radical (unpaired) electrons. The first-order chi connectivity index (χ1) is 8.27. The Morgan fingerprint density at radius 1 is 1.50 bits per heavy atom. The Kier molecular flexibility index (Phi) is 3.91. The Balaban J connectivity index is 2.96. The van der Waals surface area contributed by atoms with Crippen LogP contribution >= 0.6 is 0 Å². The molecule has 0 aliphatic heterocycles. The fourth-order valence-corrected chi connectivity index (χ4v) is 1.11. The molecule has 1 atom stereocenters. The topological polar surface area (TPSA) is 52.9 Å². The third-order valence-corrected chi connectivity index (χ3v) is 2.11. The summed E-state index contributed by atoms with van der Waals surface area (Å²) in [7, 11) is 0. The van der Waals surface area contributed by atoms with Gasteiger partial charge in [0.1, 0.15) is 5.82 Å². The molecule has 0 aliphatic rings. The van der Waals surface area contributed by atoms with E-state index in [1.807, 2.05) is 0 Å². The zero-order valence-electron chi connectivity index (χ0n) is 9.18. The van der Waals surface area contributed by atoms with E-state index in [0.717, 1.165) is 18.2 Å². The molecule has 1 aromatic rings. The third kappa shape index (κ3) is 2.97. The van der Waals surface area contributed by atoms with Gasteiger partial charge in [0, 0.05) is 0 Å². The summed E-state index contributed by atoms with van der Waals surface area (Å²) in [5.41, 5.74) is -0.653. The zero-order chi connectivity index (χ0) is 13.9. The van der Waals surface area contributed by atoms with Gasteiger partial charge in [-0.3, -0.25) is 4.79 Å². The third-order valence-electron chi connectivity index (χ3n) is 2.11. The van der Waals surface area contributed by atoms with E-state index < -0.39 is 29.5 Å². The Labute approximate surface area is 100 Å². The summed E-state index contributed by atoms with van der Waals surface area (Å²) in [6.07, 6.45) is -3.44. The van der Waals surface area contributed by atoms with Crippen molar-refractivity contribution < 1.29 is 22.4 Å². The van der Waals surface area contributed by atoms with Gasteiger partial charge < -0.3 is 5.32 Å². The summed E-state index contributed by atoms with van der Waals surface area (Å²) in [4.78, 5) is 11.4. The number of rotatable bonds is 3. The van der Waals surface area contributed by atoms with Gasteiger partial charge in [-0.15, -0.1) is 0 Å². The van der Waals surface area contributed by atoms with Crippen LogP contribution in [0.25, 0.3) is 0 Å². The molecule has 1 aromatic carbocycles. The van der Waals surface area contributed by atoms with Gasteiger partial charge >= 0.3 is 0 Å². The number of nitrogens with one attached hydrogen (secondary N) is 1. The molecule has 1 amide bonds. The summed E-state index contributed by atoms with van der Waals surface area (Å²) < 4.78 is 50.9. The second-order valence-corrected chi connectivity index (χ2v) is 3.64. The predicted octanol–water partition coefficient (Wildman–Crippen LogP) is 2.38. The minimum Gasteiger partial charge on any atom is -0.315 e. The van der Waals surface area contributed by atoms with E-state index in [-0.39, 0.29) is 5.56 Å². The Morgan fingerprint density at radius 2 is 2.11 bits per heavy atom. The molecule has 0 aliphatic carbocycles. The van der Waals surface area contributed by atoms with Crippen LogP contribution in [-0.4, -0.2) is 18.1 Å². The van der Waals surface area contributed by atoms with Gasteiger partial charge in [0.15, 0.2) is 0 Å². The summed E-state index contributed by atoms with van der Waals surface area (Å²) in [5, 5.41) is 9.85. The average Bonchev–Trinajstić information content (AvgIpc) is 2.27. The molecule has 0 fully saturated rings. The molecule has 1 N–H and O–H groups in total. The van der Waals surface area contributed by atoms with E-state index in [9.17, 15) is 22.4 Å². The van der Waals surface area contributed by atoms with Gasteiger partial charge in [-0.1, -0.05) is 0 Å². The van der Waals surface area contributed by atoms with Crippen LogP contribution in [0.5, 0.6) is 0 Å². The number of hydrogen-bond donors (Lipinski definition) is 1. The first-order valence-corrected chi connectivity index (χ1v) is 4.77. The van der Waals surface area contributed by atoms with Crippen LogP contribution in [0.1, 0.15) is 22.8 Å². The van der Waals surface area contributed by atoms with E-state index in [4.69, 9.17) is 5.26 Å². The lowest BCUT2D eigenvalue weighted by molar-refractivity contribution is -0.0399. The maximum absolute atomic E-state index is 13.3. The van der Waals surface area contributed by atoms with E-state index in [2.05, 4.69) is 0 Å². The van der Waals surface area contributed by atoms with Gasteiger partial charge in [-0.2, -0.15) is 5.26 Å². The molecule has 0 bridgehead atoms. The smallest absolute Gasteiger partial charge is 0.290 e. The molecule has 0 heterocycles. The van der Waals surface area contributed by atoms with E-state index in [1.54, 1.807) is 6.07 Å². The van der Waals surface area contributed by atoms with Gasteiger partial charge in [-0.05, 0) is 25.1 Å². The highest BCUT2D eigenvalue weighted by Crippen LogP contribution is 2.18. The molecular weight excluding hydrogens is 252 g/mol. The number of alkyl halides is 3. The van der Waals surface area contributed by atoms with Crippen LogP contribution in [-0.2, 0) is 0 Å². The van der Waals surface area contributed by atoms with E-state index in [0.29, 0.717) is 6.92 Å². The van der Waals surface area contributed by atoms with Gasteiger partial charge in [0.25, 0.3) is 12.3 Å². The fraction of sp³-hybridized carbons (Fsp3) is 0.273. The van der Waals surface area contributed by atoms with Crippen molar-refractivity contribution in [1.29, 1.82) is 5.26 Å². The Bertz CT molecular complexity index is 508. The van der Waals surface area contributed by atoms with Crippen LogP contribution in [0.4, 0.5) is 17.6 Å². The van der Waals surface area contributed by atoms with Crippen LogP contribution in [0.3, 0.4) is 0 Å². The van der Waals surface area contributed by atoms with Crippen molar-refractivity contribution >= 4 is 5.91 Å². The summed E-state index contributed by atoms with van der Waals surface area (Å²) in [6, 6.07) is 4.43. The number of halogens is 4. The first kappa shape index (κ1) is 14.0. The van der Waals surface area contributed by atoms with Gasteiger partial charge in [0.05, 0.1) is 17.2 Å². The van der Waals surface area contributed by atoms with Gasteiger partial charge in [-0.25, -0.2) is 17.6 Å². The molecule has 0 saturated carbocycles. The van der Waals surface area contributed by atoms with Crippen molar-refractivity contribution in [1.82, 2.24) is 5.32 Å². The molecule has 18 heavy (non-hydrogen) atoms. The molecule has 0 spiro atoms. The van der Waals surface area contributed by atoms with E-state index in [1.165, 1.54) is 5.32 Å². The number of benzene rings is 1. The molecule has 1 rings (SSSR count). The number of carbonyl (C=O) groups excluding carboxylic acids is 1. The zero-order valence-corrected chi connectivity index (χ0v) is 9.18. The molecule has 0 aromatic heterocycles. The number of carbonyl (C=O) groups is 1. The van der Waals surface area contributed by atoms with Crippen LogP contribution in [0.15, 0.2) is 18.2 Å². The standard InChI is InChI=1S/C11H8F4N2O/c1-11(15,10(13)14)17-9(18)7-3-2-6(5-16)4-8(7)12/h2-4,10H,1H3,(H,17,18). The summed E-state index contributed by atoms with van der Waals surface area (Å²) in [5.74, 6) is -5.66. The molecule has 0 saturated heterocycles. The SMILES string of the molecule is CC(F)(NC(=O)c1ccc(C#N)cc1F)C(F)F. The Hall–Kier alpha value is -2.10. The normalized spacial score (nSPS) is 13.8. The lowest BCUT2D eigenvalue weighted by Crippen LogP contribution is -2.47. The number of hydrogen-bond acceptors (Lipinski definition) is 2. The molecule has 96 valence electrons. The van der Waals surface area contributed by atoms with Crippen molar-refractivity contribution in [2.24, 2.45) is 0 Å². The molecule has 3 nitrogen and oxygen atoms in total. The molecular formula is C11H8F4N2O. The van der Waals surface area contributed by atoms with Crippen molar-refractivity contribution in [3.8, 4) is 6.07 Å². The summed E-state index contributed by atoms with van der Waals surface area (Å²) in [6.45, 7) is 0.469. The minimum absolute atomic E-state index is 0.0408. The fourth-order valence-electron chi connectivity index (χ4n) is 1.11. The predicted molar refractivity (Wildman–Crippen MR) is 54.1 cm³/mol. The highest BCUT2D eigenvalue weighted by molar-refractivity contribution is 5.95. The largest absolute Gasteiger partial charge is 0.315 e. The quantitative estimate of drug-likeness (QED) is 0.670. The number of nitrogens with zero attached hydrogens (tertiary/aromatic N) is 1. The van der Waals surface area contributed by atoms with Crippen molar-refractivity contribution in [2.45, 2.75) is 19.1 Å².